The van der Waals surface area contributed by atoms with Crippen molar-refractivity contribution in [3.63, 3.8) is 0 Å². The lowest BCUT2D eigenvalue weighted by Gasteiger charge is -2.34. The van der Waals surface area contributed by atoms with Crippen LogP contribution in [0.25, 0.3) is 0 Å². The van der Waals surface area contributed by atoms with Gasteiger partial charge >= 0.3 is 12.1 Å². The summed E-state index contributed by atoms with van der Waals surface area (Å²) in [6, 6.07) is 9.93. The van der Waals surface area contributed by atoms with E-state index in [9.17, 15) is 27.6 Å². The quantitative estimate of drug-likeness (QED) is 0.539. The van der Waals surface area contributed by atoms with E-state index >= 15 is 0 Å². The minimum absolute atomic E-state index is 0.0837. The van der Waals surface area contributed by atoms with Crippen LogP contribution in [0.5, 0.6) is 0 Å². The average molecular weight is 477 g/mol. The number of Topliss-reactive ketones (excluding diaryl/α,β-unsaturated/α-hetero) is 1. The SMILES string of the molecule is NC(C(=O)CNC(=O)c1cccc(C(F)(F)F)c1)C1CCN(Cc2cccc(C(=O)O)c2)CC1. The van der Waals surface area contributed by atoms with Gasteiger partial charge in [-0.2, -0.15) is 13.2 Å². The van der Waals surface area contributed by atoms with Crippen molar-refractivity contribution in [2.45, 2.75) is 31.6 Å². The molecule has 0 spiro atoms. The molecule has 0 aliphatic carbocycles. The maximum atomic E-state index is 12.8. The molecule has 1 heterocycles. The Balaban J connectivity index is 1.47. The van der Waals surface area contributed by atoms with Crippen LogP contribution in [-0.4, -0.2) is 53.3 Å². The van der Waals surface area contributed by atoms with Crippen molar-refractivity contribution in [3.05, 3.63) is 70.8 Å². The highest BCUT2D eigenvalue weighted by molar-refractivity contribution is 5.97. The van der Waals surface area contributed by atoms with E-state index in [-0.39, 0.29) is 29.4 Å². The number of aromatic carboxylic acids is 1. The number of carboxylic acid groups (broad SMARTS) is 1. The summed E-state index contributed by atoms with van der Waals surface area (Å²) in [7, 11) is 0. The van der Waals surface area contributed by atoms with Crippen molar-refractivity contribution in [3.8, 4) is 0 Å². The first kappa shape index (κ1) is 25.4. The van der Waals surface area contributed by atoms with Crippen molar-refractivity contribution >= 4 is 17.7 Å². The van der Waals surface area contributed by atoms with Crippen LogP contribution in [0.4, 0.5) is 13.2 Å². The number of carbonyl (C=O) groups is 3. The van der Waals surface area contributed by atoms with Gasteiger partial charge in [-0.05, 0) is 67.7 Å². The summed E-state index contributed by atoms with van der Waals surface area (Å²) >= 11 is 0. The number of carbonyl (C=O) groups excluding carboxylic acids is 2. The van der Waals surface area contributed by atoms with Gasteiger partial charge in [0.1, 0.15) is 0 Å². The molecule has 0 saturated carbocycles. The van der Waals surface area contributed by atoms with Gasteiger partial charge in [-0.1, -0.05) is 18.2 Å². The zero-order valence-electron chi connectivity index (χ0n) is 18.3. The highest BCUT2D eigenvalue weighted by Crippen LogP contribution is 2.29. The molecule has 3 rings (SSSR count). The third-order valence-electron chi connectivity index (χ3n) is 5.97. The Kier molecular flexibility index (Phi) is 8.06. The van der Waals surface area contributed by atoms with Crippen molar-refractivity contribution < 1.29 is 32.7 Å². The number of nitrogens with two attached hydrogens (primary N) is 1. The third kappa shape index (κ3) is 6.64. The van der Waals surface area contributed by atoms with Crippen molar-refractivity contribution in [2.24, 2.45) is 11.7 Å². The molecule has 1 aliphatic heterocycles. The minimum Gasteiger partial charge on any atom is -0.478 e. The Bertz CT molecular complexity index is 1050. The maximum Gasteiger partial charge on any atom is 0.416 e. The first-order chi connectivity index (χ1) is 16.0. The number of rotatable bonds is 8. The molecule has 0 aromatic heterocycles. The lowest BCUT2D eigenvalue weighted by Crippen LogP contribution is -2.47. The van der Waals surface area contributed by atoms with Gasteiger partial charge in [0, 0.05) is 12.1 Å². The number of alkyl halides is 3. The van der Waals surface area contributed by atoms with Crippen LogP contribution in [-0.2, 0) is 17.5 Å². The Labute approximate surface area is 194 Å². The Hall–Kier alpha value is -3.24. The Morgan fingerprint density at radius 1 is 1.06 bits per heavy atom. The number of carboxylic acids is 1. The zero-order valence-corrected chi connectivity index (χ0v) is 18.3. The average Bonchev–Trinajstić information content (AvgIpc) is 2.82. The molecular formula is C24H26F3N3O4. The molecule has 10 heteroatoms. The molecule has 0 bridgehead atoms. The van der Waals surface area contributed by atoms with E-state index in [1.54, 1.807) is 12.1 Å². The molecule has 34 heavy (non-hydrogen) atoms. The number of nitrogens with zero attached hydrogens (tertiary/aromatic N) is 1. The molecule has 1 aliphatic rings. The Morgan fingerprint density at radius 2 is 1.71 bits per heavy atom. The second-order valence-electron chi connectivity index (χ2n) is 8.37. The van der Waals surface area contributed by atoms with E-state index in [1.165, 1.54) is 12.1 Å². The van der Waals surface area contributed by atoms with E-state index in [4.69, 9.17) is 10.8 Å². The predicted molar refractivity (Wildman–Crippen MR) is 118 cm³/mol. The fourth-order valence-electron chi connectivity index (χ4n) is 4.02. The second kappa shape index (κ2) is 10.8. The molecule has 1 atom stereocenters. The number of nitrogens with one attached hydrogen (secondary N) is 1. The monoisotopic (exact) mass is 477 g/mol. The summed E-state index contributed by atoms with van der Waals surface area (Å²) < 4.78 is 38.5. The van der Waals surface area contributed by atoms with Crippen LogP contribution in [0, 0.1) is 5.92 Å². The number of halogens is 3. The molecule has 2 aromatic rings. The number of likely N-dealkylation sites (tertiary alicyclic amines) is 1. The van der Waals surface area contributed by atoms with Crippen molar-refractivity contribution in [1.29, 1.82) is 0 Å². The van der Waals surface area contributed by atoms with E-state index < -0.39 is 29.7 Å². The molecule has 0 radical (unpaired) electrons. The lowest BCUT2D eigenvalue weighted by molar-refractivity contribution is -0.137. The lowest BCUT2D eigenvalue weighted by atomic mass is 9.87. The van der Waals surface area contributed by atoms with E-state index in [0.717, 1.165) is 23.8 Å². The van der Waals surface area contributed by atoms with Gasteiger partial charge in [0.2, 0.25) is 0 Å². The van der Waals surface area contributed by atoms with Gasteiger partial charge in [0.05, 0.1) is 23.7 Å². The molecule has 1 saturated heterocycles. The van der Waals surface area contributed by atoms with Gasteiger partial charge in [0.15, 0.2) is 5.78 Å². The number of piperidine rings is 1. The molecule has 2 aromatic carbocycles. The highest BCUT2D eigenvalue weighted by Gasteiger charge is 2.31. The predicted octanol–water partition coefficient (Wildman–Crippen LogP) is 2.94. The zero-order chi connectivity index (χ0) is 24.9. The van der Waals surface area contributed by atoms with Gasteiger partial charge in [-0.25, -0.2) is 4.79 Å². The number of hydrogen-bond acceptors (Lipinski definition) is 5. The van der Waals surface area contributed by atoms with Crippen LogP contribution in [0.1, 0.15) is 44.7 Å². The summed E-state index contributed by atoms with van der Waals surface area (Å²) in [6.07, 6.45) is -3.25. The summed E-state index contributed by atoms with van der Waals surface area (Å²) in [5.41, 5.74) is 6.11. The Morgan fingerprint density at radius 3 is 2.35 bits per heavy atom. The third-order valence-corrected chi connectivity index (χ3v) is 5.97. The van der Waals surface area contributed by atoms with Crippen LogP contribution >= 0.6 is 0 Å². The minimum atomic E-state index is -4.57. The van der Waals surface area contributed by atoms with E-state index in [2.05, 4.69) is 10.2 Å². The molecule has 182 valence electrons. The second-order valence-corrected chi connectivity index (χ2v) is 8.37. The van der Waals surface area contributed by atoms with E-state index in [0.29, 0.717) is 32.5 Å². The summed E-state index contributed by atoms with van der Waals surface area (Å²) in [5.74, 6) is -2.22. The van der Waals surface area contributed by atoms with Gasteiger partial charge in [0.25, 0.3) is 5.91 Å². The summed E-state index contributed by atoms with van der Waals surface area (Å²) in [5, 5.41) is 11.5. The number of hydrogen-bond donors (Lipinski definition) is 3. The van der Waals surface area contributed by atoms with Crippen molar-refractivity contribution in [2.75, 3.05) is 19.6 Å². The van der Waals surface area contributed by atoms with Crippen LogP contribution < -0.4 is 11.1 Å². The first-order valence-corrected chi connectivity index (χ1v) is 10.8. The number of benzene rings is 2. The highest BCUT2D eigenvalue weighted by atomic mass is 19.4. The fourth-order valence-corrected chi connectivity index (χ4v) is 4.02. The molecule has 7 nitrogen and oxygen atoms in total. The van der Waals surface area contributed by atoms with Crippen LogP contribution in [0.3, 0.4) is 0 Å². The van der Waals surface area contributed by atoms with Gasteiger partial charge in [-0.15, -0.1) is 0 Å². The number of ketones is 1. The van der Waals surface area contributed by atoms with Crippen LogP contribution in [0.2, 0.25) is 0 Å². The fraction of sp³-hybridized carbons (Fsp3) is 0.375. The molecule has 4 N–H and O–H groups in total. The topological polar surface area (TPSA) is 113 Å². The normalized spacial score (nSPS) is 16.1. The van der Waals surface area contributed by atoms with Crippen molar-refractivity contribution in [1.82, 2.24) is 10.2 Å². The number of amides is 1. The smallest absolute Gasteiger partial charge is 0.416 e. The standard InChI is InChI=1S/C24H26F3N3O4/c25-24(26,27)19-6-2-4-17(12-19)22(32)29-13-20(31)21(28)16-7-9-30(10-8-16)14-15-3-1-5-18(11-15)23(33)34/h1-6,11-12,16,21H,7-10,13-14,28H2,(H,29,32)(H,33,34). The summed E-state index contributed by atoms with van der Waals surface area (Å²) in [4.78, 5) is 38.0. The molecule has 1 unspecified atom stereocenters. The summed E-state index contributed by atoms with van der Waals surface area (Å²) in [6.45, 7) is 1.58. The molecule has 1 fully saturated rings. The molecular weight excluding hydrogens is 451 g/mol. The maximum absolute atomic E-state index is 12.8. The first-order valence-electron chi connectivity index (χ1n) is 10.8. The van der Waals surface area contributed by atoms with Gasteiger partial charge < -0.3 is 16.2 Å². The van der Waals surface area contributed by atoms with Crippen LogP contribution in [0.15, 0.2) is 48.5 Å². The van der Waals surface area contributed by atoms with E-state index in [1.807, 2.05) is 6.07 Å². The largest absolute Gasteiger partial charge is 0.478 e. The van der Waals surface area contributed by atoms with Gasteiger partial charge in [-0.3, -0.25) is 14.5 Å². The molecule has 1 amide bonds.